The van der Waals surface area contributed by atoms with Gasteiger partial charge in [-0.15, -0.1) is 0 Å². The Labute approximate surface area is 207 Å². The van der Waals surface area contributed by atoms with Gasteiger partial charge in [-0.3, -0.25) is 9.69 Å². The van der Waals surface area contributed by atoms with E-state index in [1.54, 1.807) is 31.4 Å². The Morgan fingerprint density at radius 2 is 1.76 bits per heavy atom. The number of methoxy groups -OCH3 is 1. The van der Waals surface area contributed by atoms with Gasteiger partial charge in [0.25, 0.3) is 5.91 Å². The third-order valence-electron chi connectivity index (χ3n) is 4.99. The number of carbonyl (C=O) groups is 1. The number of benzene rings is 3. The quantitative estimate of drug-likeness (QED) is 0.217. The fraction of sp³-hybridized carbons (Fsp3) is 0.154. The number of amides is 1. The molecule has 3 aromatic rings. The Bertz CT molecular complexity index is 1260. The third-order valence-corrected chi connectivity index (χ3v) is 6.29. The number of para-hydroxylation sites is 1. The molecule has 0 N–H and O–H groups in total. The topological polar surface area (TPSA) is 48.0 Å². The average molecular weight is 496 g/mol. The molecule has 8 heteroatoms. The SMILES string of the molecule is COc1cccc(OCCOc2ccc(C)cc2C=C2SC(=S)N(c3ccccc3F)C2=O)c1. The maximum absolute atomic E-state index is 14.3. The molecule has 34 heavy (non-hydrogen) atoms. The molecule has 0 spiro atoms. The molecule has 1 heterocycles. The first kappa shape index (κ1) is 23.8. The molecule has 1 saturated heterocycles. The van der Waals surface area contributed by atoms with Crippen LogP contribution in [0.4, 0.5) is 10.1 Å². The maximum Gasteiger partial charge on any atom is 0.270 e. The Kier molecular flexibility index (Phi) is 7.49. The van der Waals surface area contributed by atoms with Crippen LogP contribution in [-0.2, 0) is 4.79 Å². The van der Waals surface area contributed by atoms with Gasteiger partial charge in [-0.2, -0.15) is 0 Å². The number of nitrogens with zero attached hydrogens (tertiary/aromatic N) is 1. The van der Waals surface area contributed by atoms with Crippen LogP contribution >= 0.6 is 24.0 Å². The monoisotopic (exact) mass is 495 g/mol. The molecule has 3 aromatic carbocycles. The normalized spacial score (nSPS) is 14.6. The highest BCUT2D eigenvalue weighted by molar-refractivity contribution is 8.27. The fourth-order valence-corrected chi connectivity index (χ4v) is 4.64. The van der Waals surface area contributed by atoms with Gasteiger partial charge in [0, 0.05) is 11.6 Å². The van der Waals surface area contributed by atoms with Crippen molar-refractivity contribution in [2.24, 2.45) is 0 Å². The first-order valence-corrected chi connectivity index (χ1v) is 11.7. The van der Waals surface area contributed by atoms with Gasteiger partial charge in [-0.05, 0) is 49.4 Å². The molecule has 0 radical (unpaired) electrons. The van der Waals surface area contributed by atoms with Crippen LogP contribution in [0.5, 0.6) is 17.2 Å². The van der Waals surface area contributed by atoms with Gasteiger partial charge in [0.1, 0.15) is 36.3 Å². The van der Waals surface area contributed by atoms with Crippen molar-refractivity contribution in [1.29, 1.82) is 0 Å². The number of thiocarbonyl (C=S) groups is 1. The van der Waals surface area contributed by atoms with E-state index < -0.39 is 5.82 Å². The molecule has 0 aliphatic carbocycles. The molecule has 174 valence electrons. The summed E-state index contributed by atoms with van der Waals surface area (Å²) in [6.07, 6.45) is 1.73. The zero-order chi connectivity index (χ0) is 24.1. The Morgan fingerprint density at radius 1 is 1.00 bits per heavy atom. The van der Waals surface area contributed by atoms with E-state index in [0.29, 0.717) is 35.4 Å². The predicted molar refractivity (Wildman–Crippen MR) is 137 cm³/mol. The van der Waals surface area contributed by atoms with Crippen LogP contribution in [0.15, 0.2) is 71.6 Å². The number of carbonyl (C=O) groups excluding carboxylic acids is 1. The smallest absolute Gasteiger partial charge is 0.270 e. The lowest BCUT2D eigenvalue weighted by atomic mass is 10.1. The number of rotatable bonds is 8. The lowest BCUT2D eigenvalue weighted by Crippen LogP contribution is -2.28. The number of halogens is 1. The lowest BCUT2D eigenvalue weighted by Gasteiger charge is -2.15. The summed E-state index contributed by atoms with van der Waals surface area (Å²) in [5, 5.41) is 0. The van der Waals surface area contributed by atoms with E-state index in [1.165, 1.54) is 17.0 Å². The molecule has 1 aliphatic heterocycles. The number of anilines is 1. The minimum Gasteiger partial charge on any atom is -0.497 e. The zero-order valence-electron chi connectivity index (χ0n) is 18.6. The third kappa shape index (κ3) is 5.40. The number of hydrogen-bond acceptors (Lipinski definition) is 6. The number of thioether (sulfide) groups is 1. The van der Waals surface area contributed by atoms with E-state index in [9.17, 15) is 9.18 Å². The molecule has 1 aliphatic rings. The van der Waals surface area contributed by atoms with Crippen LogP contribution in [0.3, 0.4) is 0 Å². The molecule has 5 nitrogen and oxygen atoms in total. The number of ether oxygens (including phenoxy) is 3. The van der Waals surface area contributed by atoms with Crippen molar-refractivity contribution in [2.45, 2.75) is 6.92 Å². The molecule has 1 amide bonds. The summed E-state index contributed by atoms with van der Waals surface area (Å²) in [4.78, 5) is 14.7. The Hall–Kier alpha value is -3.36. The highest BCUT2D eigenvalue weighted by Gasteiger charge is 2.34. The number of aryl methyl sites for hydroxylation is 1. The predicted octanol–water partition coefficient (Wildman–Crippen LogP) is 6.01. The molecular formula is C26H22FNO4S2. The van der Waals surface area contributed by atoms with Crippen molar-refractivity contribution in [3.05, 3.63) is 88.6 Å². The molecule has 0 saturated carbocycles. The van der Waals surface area contributed by atoms with E-state index in [4.69, 9.17) is 26.4 Å². The average Bonchev–Trinajstić information content (AvgIpc) is 3.11. The van der Waals surface area contributed by atoms with Gasteiger partial charge in [0.15, 0.2) is 4.32 Å². The van der Waals surface area contributed by atoms with Gasteiger partial charge < -0.3 is 14.2 Å². The van der Waals surface area contributed by atoms with E-state index in [-0.39, 0.29) is 15.9 Å². The van der Waals surface area contributed by atoms with Crippen molar-refractivity contribution in [1.82, 2.24) is 0 Å². The minimum absolute atomic E-state index is 0.142. The molecule has 1 fully saturated rings. The standard InChI is InChI=1S/C26H22FNO4S2/c1-17-10-11-23(32-13-12-31-20-7-5-6-19(16-20)30-2)18(14-17)15-24-25(29)28(26(33)34-24)22-9-4-3-8-21(22)27/h3-11,14-16H,12-13H2,1-2H3. The lowest BCUT2D eigenvalue weighted by molar-refractivity contribution is -0.113. The molecule has 0 aromatic heterocycles. The highest BCUT2D eigenvalue weighted by atomic mass is 32.2. The second-order valence-electron chi connectivity index (χ2n) is 7.39. The molecule has 0 bridgehead atoms. The summed E-state index contributed by atoms with van der Waals surface area (Å²) in [7, 11) is 1.60. The highest BCUT2D eigenvalue weighted by Crippen LogP contribution is 2.38. The first-order valence-electron chi connectivity index (χ1n) is 10.5. The molecule has 0 unspecified atom stereocenters. The summed E-state index contributed by atoms with van der Waals surface area (Å²) in [6.45, 7) is 2.59. The molecular weight excluding hydrogens is 473 g/mol. The van der Waals surface area contributed by atoms with Crippen LogP contribution in [0.1, 0.15) is 11.1 Å². The van der Waals surface area contributed by atoms with E-state index in [1.807, 2.05) is 43.3 Å². The number of hydrogen-bond donors (Lipinski definition) is 0. The second-order valence-corrected chi connectivity index (χ2v) is 9.06. The summed E-state index contributed by atoms with van der Waals surface area (Å²) in [6, 6.07) is 19.1. The van der Waals surface area contributed by atoms with Crippen molar-refractivity contribution in [3.63, 3.8) is 0 Å². The van der Waals surface area contributed by atoms with Crippen molar-refractivity contribution in [2.75, 3.05) is 25.2 Å². The fourth-order valence-electron chi connectivity index (χ4n) is 3.36. The van der Waals surface area contributed by atoms with Crippen molar-refractivity contribution in [3.8, 4) is 17.2 Å². The Morgan fingerprint density at radius 3 is 2.56 bits per heavy atom. The van der Waals surface area contributed by atoms with E-state index >= 15 is 0 Å². The summed E-state index contributed by atoms with van der Waals surface area (Å²) in [5.74, 6) is 1.14. The summed E-state index contributed by atoms with van der Waals surface area (Å²) < 4.78 is 31.4. The largest absolute Gasteiger partial charge is 0.497 e. The second kappa shape index (κ2) is 10.7. The van der Waals surface area contributed by atoms with Crippen LogP contribution in [0.2, 0.25) is 0 Å². The van der Waals surface area contributed by atoms with Crippen LogP contribution in [0, 0.1) is 12.7 Å². The zero-order valence-corrected chi connectivity index (χ0v) is 20.3. The van der Waals surface area contributed by atoms with Crippen LogP contribution in [-0.4, -0.2) is 30.6 Å². The van der Waals surface area contributed by atoms with Crippen molar-refractivity contribution >= 4 is 46.0 Å². The van der Waals surface area contributed by atoms with E-state index in [0.717, 1.165) is 22.9 Å². The van der Waals surface area contributed by atoms with Gasteiger partial charge in [-0.1, -0.05) is 53.8 Å². The van der Waals surface area contributed by atoms with Gasteiger partial charge >= 0.3 is 0 Å². The summed E-state index contributed by atoms with van der Waals surface area (Å²) >= 11 is 6.50. The first-order chi connectivity index (χ1) is 16.5. The van der Waals surface area contributed by atoms with Crippen LogP contribution in [0.25, 0.3) is 6.08 Å². The van der Waals surface area contributed by atoms with Gasteiger partial charge in [-0.25, -0.2) is 4.39 Å². The van der Waals surface area contributed by atoms with Crippen LogP contribution < -0.4 is 19.1 Å². The Balaban J connectivity index is 1.48. The van der Waals surface area contributed by atoms with E-state index in [2.05, 4.69) is 0 Å². The van der Waals surface area contributed by atoms with Gasteiger partial charge in [0.2, 0.25) is 0 Å². The van der Waals surface area contributed by atoms with Gasteiger partial charge in [0.05, 0.1) is 17.7 Å². The molecule has 4 rings (SSSR count). The minimum atomic E-state index is -0.504. The summed E-state index contributed by atoms with van der Waals surface area (Å²) in [5.41, 5.74) is 1.88. The van der Waals surface area contributed by atoms with Crippen molar-refractivity contribution < 1.29 is 23.4 Å². The maximum atomic E-state index is 14.3. The molecule has 0 atom stereocenters.